The van der Waals surface area contributed by atoms with Crippen molar-refractivity contribution in [2.45, 2.75) is 0 Å². The molecule has 3 aliphatic rings. The molecule has 0 saturated heterocycles. The van der Waals surface area contributed by atoms with Gasteiger partial charge in [-0.25, -0.2) is 4.90 Å². The number of amidine groups is 3. The SMILES string of the molecule is c1ccc(-n2cccc2C2=NC3=NC(c4cccn4-c4ccccc4)=NC4=NC(c5cccn5-c5ccccc5)=NC(=N2)N34)cc1. The molecule has 0 N–H and O–H groups in total. The van der Waals surface area contributed by atoms with E-state index >= 15 is 0 Å². The van der Waals surface area contributed by atoms with Gasteiger partial charge < -0.3 is 13.7 Å². The predicted octanol–water partition coefficient (Wildman–Crippen LogP) is 6.11. The molecule has 10 nitrogen and oxygen atoms in total. The lowest BCUT2D eigenvalue weighted by molar-refractivity contribution is 0.824. The second kappa shape index (κ2) is 10.5. The van der Waals surface area contributed by atoms with Gasteiger partial charge in [-0.2, -0.15) is 30.0 Å². The first-order valence-corrected chi connectivity index (χ1v) is 14.8. The summed E-state index contributed by atoms with van der Waals surface area (Å²) in [6.45, 7) is 0. The fraction of sp³-hybridized carbons (Fsp3) is 0. The largest absolute Gasteiger partial charge is 0.314 e. The molecule has 6 aromatic rings. The van der Waals surface area contributed by atoms with Crippen LogP contribution in [-0.4, -0.2) is 54.0 Å². The summed E-state index contributed by atoms with van der Waals surface area (Å²) in [6.07, 6.45) is 5.99. The molecular weight excluding hydrogens is 572 g/mol. The Labute approximate surface area is 263 Å². The second-order valence-electron chi connectivity index (χ2n) is 10.7. The number of hydrogen-bond donors (Lipinski definition) is 0. The molecule has 218 valence electrons. The van der Waals surface area contributed by atoms with Crippen LogP contribution in [0.3, 0.4) is 0 Å². The Kier molecular flexibility index (Phi) is 5.88. The van der Waals surface area contributed by atoms with Gasteiger partial charge in [-0.05, 0) is 72.8 Å². The topological polar surface area (TPSA) is 92.2 Å². The van der Waals surface area contributed by atoms with Crippen LogP contribution in [0.25, 0.3) is 17.1 Å². The number of guanidine groups is 3. The lowest BCUT2D eigenvalue weighted by Gasteiger charge is -2.30. The van der Waals surface area contributed by atoms with E-state index in [2.05, 4.69) is 13.7 Å². The maximum absolute atomic E-state index is 4.97. The zero-order valence-corrected chi connectivity index (χ0v) is 24.3. The number of aromatic nitrogens is 3. The standard InChI is InChI=1S/C36H24N10/c1-4-13-25(14-5-1)43-22-10-19-28(43)31-37-34-39-32(29-20-11-23-44(29)26-15-6-2-7-16-26)41-36-42-33(40-35(38-31)46(34)36)30-21-12-24-45(30)27-17-8-3-9-18-27/h1-24H. The molecule has 10 heteroatoms. The molecular formula is C36H24N10. The van der Waals surface area contributed by atoms with E-state index in [0.29, 0.717) is 35.4 Å². The van der Waals surface area contributed by atoms with Gasteiger partial charge in [0.05, 0.1) is 17.1 Å². The number of rotatable bonds is 6. The van der Waals surface area contributed by atoms with Crippen LogP contribution < -0.4 is 0 Å². The van der Waals surface area contributed by atoms with Crippen molar-refractivity contribution in [2.75, 3.05) is 0 Å². The van der Waals surface area contributed by atoms with Gasteiger partial charge in [-0.3, -0.25) is 0 Å². The van der Waals surface area contributed by atoms with Gasteiger partial charge in [0, 0.05) is 35.7 Å². The summed E-state index contributed by atoms with van der Waals surface area (Å²) in [6, 6.07) is 42.2. The lowest BCUT2D eigenvalue weighted by atomic mass is 10.3. The van der Waals surface area contributed by atoms with E-state index in [0.717, 1.165) is 34.1 Å². The van der Waals surface area contributed by atoms with Crippen molar-refractivity contribution in [3.05, 3.63) is 163 Å². The summed E-state index contributed by atoms with van der Waals surface area (Å²) in [5.74, 6) is 2.65. The molecule has 0 aliphatic carbocycles. The fourth-order valence-electron chi connectivity index (χ4n) is 5.76. The Bertz CT molecular complexity index is 2030. The highest BCUT2D eigenvalue weighted by Crippen LogP contribution is 2.25. The summed E-state index contributed by atoms with van der Waals surface area (Å²) >= 11 is 0. The molecule has 3 aromatic carbocycles. The van der Waals surface area contributed by atoms with Crippen LogP contribution in [0.4, 0.5) is 0 Å². The molecule has 0 radical (unpaired) electrons. The molecule has 3 aliphatic heterocycles. The molecule has 0 unspecified atom stereocenters. The van der Waals surface area contributed by atoms with Crippen LogP contribution in [0.15, 0.2) is 176 Å². The minimum atomic E-state index is 0.395. The zero-order valence-electron chi connectivity index (χ0n) is 24.3. The van der Waals surface area contributed by atoms with Crippen LogP contribution in [0.5, 0.6) is 0 Å². The van der Waals surface area contributed by atoms with Crippen LogP contribution in [0.2, 0.25) is 0 Å². The number of nitrogens with zero attached hydrogens (tertiary/aromatic N) is 10. The number of para-hydroxylation sites is 3. The molecule has 46 heavy (non-hydrogen) atoms. The minimum absolute atomic E-state index is 0.395. The van der Waals surface area contributed by atoms with Gasteiger partial charge in [0.15, 0.2) is 17.5 Å². The number of benzene rings is 3. The van der Waals surface area contributed by atoms with E-state index in [-0.39, 0.29) is 0 Å². The monoisotopic (exact) mass is 596 g/mol. The van der Waals surface area contributed by atoms with Crippen LogP contribution in [0, 0.1) is 0 Å². The minimum Gasteiger partial charge on any atom is -0.314 e. The van der Waals surface area contributed by atoms with Gasteiger partial charge in [0.1, 0.15) is 0 Å². The van der Waals surface area contributed by atoms with E-state index in [4.69, 9.17) is 30.0 Å². The summed E-state index contributed by atoms with van der Waals surface area (Å²) in [5.41, 5.74) is 5.43. The van der Waals surface area contributed by atoms with Crippen LogP contribution >= 0.6 is 0 Å². The average molecular weight is 597 g/mol. The first-order chi connectivity index (χ1) is 22.8. The average Bonchev–Trinajstić information content (AvgIpc) is 3.91. The Morgan fingerprint density at radius 3 is 0.913 bits per heavy atom. The van der Waals surface area contributed by atoms with E-state index < -0.39 is 0 Å². The summed E-state index contributed by atoms with van der Waals surface area (Å²) in [4.78, 5) is 31.5. The Morgan fingerprint density at radius 2 is 0.609 bits per heavy atom. The Morgan fingerprint density at radius 1 is 0.304 bits per heavy atom. The van der Waals surface area contributed by atoms with Crippen LogP contribution in [-0.2, 0) is 0 Å². The third kappa shape index (κ3) is 4.27. The smallest absolute Gasteiger partial charge is 0.243 e. The highest BCUT2D eigenvalue weighted by Gasteiger charge is 2.37. The third-order valence-electron chi connectivity index (χ3n) is 7.87. The third-order valence-corrected chi connectivity index (χ3v) is 7.87. The molecule has 0 fully saturated rings. The zero-order chi connectivity index (χ0) is 30.5. The Balaban J connectivity index is 1.23. The van der Waals surface area contributed by atoms with E-state index in [1.54, 1.807) is 4.90 Å². The molecule has 0 amide bonds. The molecule has 6 heterocycles. The van der Waals surface area contributed by atoms with Crippen molar-refractivity contribution < 1.29 is 0 Å². The van der Waals surface area contributed by atoms with E-state index in [9.17, 15) is 0 Å². The summed E-state index contributed by atoms with van der Waals surface area (Å²) < 4.78 is 6.17. The molecule has 0 spiro atoms. The first-order valence-electron chi connectivity index (χ1n) is 14.8. The lowest BCUT2D eigenvalue weighted by Crippen LogP contribution is -2.48. The van der Waals surface area contributed by atoms with Gasteiger partial charge in [0.2, 0.25) is 17.9 Å². The quantitative estimate of drug-likeness (QED) is 0.228. The highest BCUT2D eigenvalue weighted by atomic mass is 15.5. The maximum Gasteiger partial charge on any atom is 0.243 e. The van der Waals surface area contributed by atoms with Crippen LogP contribution in [0.1, 0.15) is 17.1 Å². The fourth-order valence-corrected chi connectivity index (χ4v) is 5.76. The van der Waals surface area contributed by atoms with E-state index in [1.807, 2.05) is 146 Å². The van der Waals surface area contributed by atoms with Crippen molar-refractivity contribution in [3.63, 3.8) is 0 Å². The van der Waals surface area contributed by atoms with Crippen molar-refractivity contribution in [1.82, 2.24) is 18.6 Å². The molecule has 0 bridgehead atoms. The summed E-state index contributed by atoms with van der Waals surface area (Å²) in [5, 5.41) is 0. The second-order valence-corrected chi connectivity index (χ2v) is 10.7. The summed E-state index contributed by atoms with van der Waals surface area (Å²) in [7, 11) is 0. The Hall–Kier alpha value is -6.68. The van der Waals surface area contributed by atoms with Gasteiger partial charge in [0.25, 0.3) is 0 Å². The van der Waals surface area contributed by atoms with Gasteiger partial charge in [-0.15, -0.1) is 0 Å². The number of aliphatic imine (C=N–C) groups is 6. The highest BCUT2D eigenvalue weighted by molar-refractivity contribution is 6.34. The van der Waals surface area contributed by atoms with Crippen molar-refractivity contribution in [2.24, 2.45) is 30.0 Å². The maximum atomic E-state index is 4.97. The normalized spacial score (nSPS) is 15.3. The van der Waals surface area contributed by atoms with E-state index in [1.165, 1.54) is 0 Å². The molecule has 9 rings (SSSR count). The first kappa shape index (κ1) is 25.8. The van der Waals surface area contributed by atoms with Crippen molar-refractivity contribution >= 4 is 35.4 Å². The van der Waals surface area contributed by atoms with Crippen molar-refractivity contribution in [1.29, 1.82) is 0 Å². The molecule has 3 aromatic heterocycles. The van der Waals surface area contributed by atoms with Crippen molar-refractivity contribution in [3.8, 4) is 17.1 Å². The molecule has 0 saturated carbocycles. The van der Waals surface area contributed by atoms with Gasteiger partial charge in [-0.1, -0.05) is 54.6 Å². The molecule has 0 atom stereocenters. The van der Waals surface area contributed by atoms with Gasteiger partial charge >= 0.3 is 0 Å². The number of hydrogen-bond acceptors (Lipinski definition) is 7. The predicted molar refractivity (Wildman–Crippen MR) is 181 cm³/mol.